The molecule has 0 fully saturated rings. The van der Waals surface area contributed by atoms with Crippen LogP contribution >= 0.6 is 11.3 Å². The number of hydrogen-bond acceptors (Lipinski definition) is 3. The van der Waals surface area contributed by atoms with E-state index in [2.05, 4.69) is 48.0 Å². The third kappa shape index (κ3) is 4.40. The summed E-state index contributed by atoms with van der Waals surface area (Å²) >= 11 is 1.70. The van der Waals surface area contributed by atoms with Crippen LogP contribution in [0, 0.1) is 0 Å². The summed E-state index contributed by atoms with van der Waals surface area (Å²) in [5.74, 6) is 0.0823. The van der Waals surface area contributed by atoms with Gasteiger partial charge in [0.25, 0.3) is 0 Å². The molecular formula is C22H24N2OS. The fourth-order valence-corrected chi connectivity index (χ4v) is 3.80. The molecule has 0 aliphatic rings. The number of likely N-dealkylation sites (N-methyl/N-ethyl adjacent to an activating group) is 1. The van der Waals surface area contributed by atoms with Crippen LogP contribution in [-0.4, -0.2) is 24.4 Å². The van der Waals surface area contributed by atoms with Crippen molar-refractivity contribution in [3.63, 3.8) is 0 Å². The summed E-state index contributed by atoms with van der Waals surface area (Å²) in [4.78, 5) is 15.7. The number of benzene rings is 2. The van der Waals surface area contributed by atoms with Crippen molar-refractivity contribution in [3.05, 3.63) is 94.2 Å². The summed E-state index contributed by atoms with van der Waals surface area (Å²) in [6.07, 6.45) is 0. The van der Waals surface area contributed by atoms with Gasteiger partial charge in [-0.2, -0.15) is 0 Å². The predicted octanol–water partition coefficient (Wildman–Crippen LogP) is 4.65. The fraction of sp³-hybridized carbons (Fsp3) is 0.227. The van der Waals surface area contributed by atoms with E-state index in [0.29, 0.717) is 6.54 Å². The quantitative estimate of drug-likeness (QED) is 0.662. The minimum Gasteiger partial charge on any atom is -0.338 e. The molecule has 134 valence electrons. The van der Waals surface area contributed by atoms with Gasteiger partial charge < -0.3 is 4.90 Å². The van der Waals surface area contributed by atoms with Gasteiger partial charge in [0.05, 0.1) is 18.6 Å². The van der Waals surface area contributed by atoms with E-state index in [1.54, 1.807) is 16.2 Å². The Bertz CT molecular complexity index is 803. The number of nitrogens with one attached hydrogen (secondary N) is 1. The minimum atomic E-state index is 0.0283. The molecule has 0 bridgehead atoms. The van der Waals surface area contributed by atoms with E-state index in [-0.39, 0.29) is 18.0 Å². The van der Waals surface area contributed by atoms with Crippen LogP contribution in [0.15, 0.2) is 78.2 Å². The van der Waals surface area contributed by atoms with Gasteiger partial charge in [-0.05, 0) is 29.5 Å². The zero-order valence-corrected chi connectivity index (χ0v) is 15.9. The molecule has 2 aromatic carbocycles. The molecule has 0 saturated carbocycles. The lowest BCUT2D eigenvalue weighted by atomic mass is 10.1. The molecule has 3 nitrogen and oxygen atoms in total. The van der Waals surface area contributed by atoms with Gasteiger partial charge in [0, 0.05) is 11.9 Å². The van der Waals surface area contributed by atoms with Crippen molar-refractivity contribution in [2.45, 2.75) is 19.0 Å². The van der Waals surface area contributed by atoms with Gasteiger partial charge in [0.15, 0.2) is 0 Å². The first-order valence-electron chi connectivity index (χ1n) is 8.79. The Morgan fingerprint density at radius 2 is 1.58 bits per heavy atom. The highest BCUT2D eigenvalue weighted by molar-refractivity contribution is 7.10. The summed E-state index contributed by atoms with van der Waals surface area (Å²) in [5.41, 5.74) is 2.31. The first-order chi connectivity index (χ1) is 12.7. The zero-order valence-electron chi connectivity index (χ0n) is 15.1. The van der Waals surface area contributed by atoms with Crippen LogP contribution in [0.4, 0.5) is 0 Å². The molecule has 1 N–H and O–H groups in total. The topological polar surface area (TPSA) is 32.3 Å². The van der Waals surface area contributed by atoms with Gasteiger partial charge in [-0.3, -0.25) is 10.1 Å². The van der Waals surface area contributed by atoms with Crippen LogP contribution in [0.1, 0.15) is 35.0 Å². The number of rotatable bonds is 7. The molecular weight excluding hydrogens is 340 g/mol. The number of hydrogen-bond donors (Lipinski definition) is 1. The molecule has 0 aliphatic carbocycles. The van der Waals surface area contributed by atoms with Crippen LogP contribution in [0.2, 0.25) is 0 Å². The van der Waals surface area contributed by atoms with E-state index in [0.717, 1.165) is 5.56 Å². The van der Waals surface area contributed by atoms with Crippen LogP contribution in [0.25, 0.3) is 0 Å². The molecule has 0 spiro atoms. The maximum Gasteiger partial charge on any atom is 0.236 e. The monoisotopic (exact) mass is 364 g/mol. The Balaban J connectivity index is 1.68. The highest BCUT2D eigenvalue weighted by atomic mass is 32.1. The van der Waals surface area contributed by atoms with Gasteiger partial charge in [-0.25, -0.2) is 0 Å². The van der Waals surface area contributed by atoms with Gasteiger partial charge in [-0.1, -0.05) is 66.7 Å². The van der Waals surface area contributed by atoms with E-state index >= 15 is 0 Å². The number of carbonyl (C=O) groups excluding carboxylic acids is 1. The largest absolute Gasteiger partial charge is 0.338 e. The molecule has 2 atom stereocenters. The van der Waals surface area contributed by atoms with Crippen LogP contribution in [0.5, 0.6) is 0 Å². The summed E-state index contributed by atoms with van der Waals surface area (Å²) in [5, 5.41) is 5.51. The normalized spacial score (nSPS) is 13.2. The summed E-state index contributed by atoms with van der Waals surface area (Å²) in [7, 11) is 1.87. The molecule has 1 heterocycles. The summed E-state index contributed by atoms with van der Waals surface area (Å²) in [6.45, 7) is 2.35. The van der Waals surface area contributed by atoms with Gasteiger partial charge in [-0.15, -0.1) is 11.3 Å². The highest BCUT2D eigenvalue weighted by Gasteiger charge is 2.20. The lowest BCUT2D eigenvalue weighted by Gasteiger charge is -2.27. The second-order valence-electron chi connectivity index (χ2n) is 6.33. The number of nitrogens with zero attached hydrogens (tertiary/aromatic N) is 1. The Kier molecular flexibility index (Phi) is 6.21. The average molecular weight is 365 g/mol. The van der Waals surface area contributed by atoms with Crippen LogP contribution in [0.3, 0.4) is 0 Å². The molecule has 1 aromatic heterocycles. The van der Waals surface area contributed by atoms with Gasteiger partial charge >= 0.3 is 0 Å². The molecule has 0 aliphatic heterocycles. The van der Waals surface area contributed by atoms with Crippen LogP contribution in [-0.2, 0) is 4.79 Å². The second-order valence-corrected chi connectivity index (χ2v) is 7.31. The summed E-state index contributed by atoms with van der Waals surface area (Å²) in [6, 6.07) is 24.6. The summed E-state index contributed by atoms with van der Waals surface area (Å²) < 4.78 is 0. The van der Waals surface area contributed by atoms with Gasteiger partial charge in [0.2, 0.25) is 5.91 Å². The number of carbonyl (C=O) groups is 1. The fourth-order valence-electron chi connectivity index (χ4n) is 2.97. The van der Waals surface area contributed by atoms with Crippen molar-refractivity contribution < 1.29 is 4.79 Å². The van der Waals surface area contributed by atoms with Crippen molar-refractivity contribution in [1.29, 1.82) is 0 Å². The van der Waals surface area contributed by atoms with Crippen LogP contribution < -0.4 is 5.32 Å². The standard InChI is InChI=1S/C22H24N2OS/c1-17(18-10-5-3-6-11-18)24(2)21(25)16-23-22(20-14-9-15-26-20)19-12-7-4-8-13-19/h3-15,17,22-23H,16H2,1-2H3/t17-,22+/m1/s1. The Morgan fingerprint density at radius 3 is 2.15 bits per heavy atom. The number of thiophene rings is 1. The van der Waals surface area contributed by atoms with E-state index in [9.17, 15) is 4.79 Å². The lowest BCUT2D eigenvalue weighted by Crippen LogP contribution is -2.38. The molecule has 4 heteroatoms. The smallest absolute Gasteiger partial charge is 0.236 e. The Labute approximate surface area is 159 Å². The third-order valence-corrected chi connectivity index (χ3v) is 5.61. The van der Waals surface area contributed by atoms with Crippen molar-refractivity contribution in [3.8, 4) is 0 Å². The average Bonchev–Trinajstić information content (AvgIpc) is 3.23. The van der Waals surface area contributed by atoms with E-state index in [1.165, 1.54) is 10.4 Å². The maximum absolute atomic E-state index is 12.7. The van der Waals surface area contributed by atoms with E-state index in [1.807, 2.05) is 49.5 Å². The maximum atomic E-state index is 12.7. The molecule has 0 radical (unpaired) electrons. The lowest BCUT2D eigenvalue weighted by molar-refractivity contribution is -0.130. The molecule has 3 aromatic rings. The first-order valence-corrected chi connectivity index (χ1v) is 9.67. The third-order valence-electron chi connectivity index (χ3n) is 4.67. The van der Waals surface area contributed by atoms with Crippen molar-refractivity contribution in [2.24, 2.45) is 0 Å². The van der Waals surface area contributed by atoms with E-state index in [4.69, 9.17) is 0 Å². The first kappa shape index (κ1) is 18.4. The molecule has 0 saturated heterocycles. The second kappa shape index (κ2) is 8.79. The van der Waals surface area contributed by atoms with Crippen molar-refractivity contribution >= 4 is 17.2 Å². The molecule has 1 amide bonds. The number of amides is 1. The molecule has 26 heavy (non-hydrogen) atoms. The highest BCUT2D eigenvalue weighted by Crippen LogP contribution is 2.26. The Morgan fingerprint density at radius 1 is 0.962 bits per heavy atom. The van der Waals surface area contributed by atoms with Crippen molar-refractivity contribution in [2.75, 3.05) is 13.6 Å². The minimum absolute atomic E-state index is 0.0283. The Hall–Kier alpha value is -2.43. The van der Waals surface area contributed by atoms with Gasteiger partial charge in [0.1, 0.15) is 0 Å². The van der Waals surface area contributed by atoms with E-state index < -0.39 is 0 Å². The molecule has 0 unspecified atom stereocenters. The van der Waals surface area contributed by atoms with Crippen molar-refractivity contribution in [1.82, 2.24) is 10.2 Å². The SMILES string of the molecule is C[C@H](c1ccccc1)N(C)C(=O)CN[C@@H](c1ccccc1)c1cccs1. The predicted molar refractivity (Wildman–Crippen MR) is 108 cm³/mol. The molecule has 3 rings (SSSR count). The zero-order chi connectivity index (χ0) is 18.4.